The minimum atomic E-state index is -2.95. The second kappa shape index (κ2) is 6.73. The fraction of sp³-hybridized carbons (Fsp3) is 0.917. The number of methoxy groups -OCH3 is 1. The number of hydrogen-bond acceptors (Lipinski definition) is 5. The average molecular weight is 306 g/mol. The Hall–Kier alpha value is -0.860. The highest BCUT2D eigenvalue weighted by Gasteiger charge is 2.34. The molecule has 0 aromatic carbocycles. The van der Waals surface area contributed by atoms with Crippen molar-refractivity contribution < 1.29 is 22.7 Å². The van der Waals surface area contributed by atoms with Crippen LogP contribution in [0.15, 0.2) is 0 Å². The van der Waals surface area contributed by atoms with Gasteiger partial charge < -0.3 is 19.7 Å². The van der Waals surface area contributed by atoms with Crippen molar-refractivity contribution in [2.45, 2.75) is 25.0 Å². The zero-order chi connectivity index (χ0) is 14.6. The molecule has 1 unspecified atom stereocenters. The van der Waals surface area contributed by atoms with Crippen LogP contribution in [-0.4, -0.2) is 76.4 Å². The summed E-state index contributed by atoms with van der Waals surface area (Å²) in [5.41, 5.74) is 0. The molecule has 2 fully saturated rings. The minimum absolute atomic E-state index is 0.0591. The number of ether oxygens (including phenoxy) is 2. The summed E-state index contributed by atoms with van der Waals surface area (Å²) in [6, 6.07) is -0.432. The monoisotopic (exact) mass is 306 g/mol. The van der Waals surface area contributed by atoms with Crippen molar-refractivity contribution in [1.29, 1.82) is 0 Å². The van der Waals surface area contributed by atoms with Gasteiger partial charge in [0.15, 0.2) is 9.84 Å². The van der Waals surface area contributed by atoms with Crippen LogP contribution in [0.25, 0.3) is 0 Å². The van der Waals surface area contributed by atoms with Gasteiger partial charge in [-0.05, 0) is 12.8 Å². The van der Waals surface area contributed by atoms with Gasteiger partial charge in [-0.1, -0.05) is 0 Å². The molecule has 2 amide bonds. The highest BCUT2D eigenvalue weighted by Crippen LogP contribution is 2.15. The molecule has 0 aliphatic carbocycles. The average Bonchev–Trinajstić information content (AvgIpc) is 2.65. The topological polar surface area (TPSA) is 84.9 Å². The number of urea groups is 1. The predicted molar refractivity (Wildman–Crippen MR) is 73.4 cm³/mol. The van der Waals surface area contributed by atoms with E-state index in [1.807, 2.05) is 0 Å². The van der Waals surface area contributed by atoms with Crippen molar-refractivity contribution >= 4 is 15.9 Å². The lowest BCUT2D eigenvalue weighted by Gasteiger charge is -2.39. The van der Waals surface area contributed by atoms with E-state index in [9.17, 15) is 13.2 Å². The van der Waals surface area contributed by atoms with Crippen LogP contribution in [0.5, 0.6) is 0 Å². The summed E-state index contributed by atoms with van der Waals surface area (Å²) in [4.78, 5) is 13.5. The van der Waals surface area contributed by atoms with Crippen molar-refractivity contribution in [3.8, 4) is 0 Å². The molecule has 116 valence electrons. The number of nitrogens with zero attached hydrogens (tertiary/aromatic N) is 1. The maximum absolute atomic E-state index is 11.9. The SMILES string of the molecule is COCCCOC1CN(C(=O)NC2CCS(=O)(=O)C2)C1. The zero-order valence-corrected chi connectivity index (χ0v) is 12.5. The highest BCUT2D eigenvalue weighted by molar-refractivity contribution is 7.91. The summed E-state index contributed by atoms with van der Waals surface area (Å²) in [6.07, 6.45) is 1.45. The highest BCUT2D eigenvalue weighted by atomic mass is 32.2. The van der Waals surface area contributed by atoms with Crippen molar-refractivity contribution in [3.63, 3.8) is 0 Å². The van der Waals surface area contributed by atoms with Gasteiger partial charge in [-0.25, -0.2) is 13.2 Å². The molecule has 0 aromatic rings. The van der Waals surface area contributed by atoms with Crippen molar-refractivity contribution in [1.82, 2.24) is 10.2 Å². The molecule has 0 spiro atoms. The quantitative estimate of drug-likeness (QED) is 0.676. The molecule has 2 aliphatic rings. The third kappa shape index (κ3) is 4.32. The van der Waals surface area contributed by atoms with Gasteiger partial charge in [0.05, 0.1) is 30.7 Å². The molecule has 0 bridgehead atoms. The van der Waals surface area contributed by atoms with Crippen LogP contribution >= 0.6 is 0 Å². The van der Waals surface area contributed by atoms with Gasteiger partial charge in [-0.2, -0.15) is 0 Å². The lowest BCUT2D eigenvalue weighted by Crippen LogP contribution is -2.59. The van der Waals surface area contributed by atoms with Crippen LogP contribution in [0.2, 0.25) is 0 Å². The van der Waals surface area contributed by atoms with Crippen LogP contribution in [0.4, 0.5) is 4.79 Å². The van der Waals surface area contributed by atoms with Crippen LogP contribution in [0, 0.1) is 0 Å². The smallest absolute Gasteiger partial charge is 0.317 e. The number of amides is 2. The van der Waals surface area contributed by atoms with Crippen molar-refractivity contribution in [2.24, 2.45) is 0 Å². The molecule has 0 saturated carbocycles. The molecular formula is C12H22N2O5S. The Bertz CT molecular complexity index is 433. The van der Waals surface area contributed by atoms with E-state index in [2.05, 4.69) is 5.32 Å². The van der Waals surface area contributed by atoms with Crippen LogP contribution in [-0.2, 0) is 19.3 Å². The molecule has 20 heavy (non-hydrogen) atoms. The number of nitrogens with one attached hydrogen (secondary N) is 1. The van der Waals surface area contributed by atoms with Crippen LogP contribution in [0.1, 0.15) is 12.8 Å². The first-order valence-corrected chi connectivity index (χ1v) is 8.69. The Balaban J connectivity index is 1.60. The largest absolute Gasteiger partial charge is 0.385 e. The third-order valence-electron chi connectivity index (χ3n) is 3.54. The molecule has 0 radical (unpaired) electrons. The molecule has 2 rings (SSSR count). The maximum atomic E-state index is 11.9. The summed E-state index contributed by atoms with van der Waals surface area (Å²) in [5, 5.41) is 2.77. The fourth-order valence-corrected chi connectivity index (χ4v) is 4.01. The number of hydrogen-bond donors (Lipinski definition) is 1. The fourth-order valence-electron chi connectivity index (χ4n) is 2.34. The summed E-state index contributed by atoms with van der Waals surface area (Å²) < 4.78 is 33.1. The molecule has 1 N–H and O–H groups in total. The normalized spacial score (nSPS) is 25.4. The Morgan fingerprint density at radius 2 is 2.10 bits per heavy atom. The van der Waals surface area contributed by atoms with Crippen molar-refractivity contribution in [2.75, 3.05) is 44.9 Å². The van der Waals surface area contributed by atoms with Crippen LogP contribution < -0.4 is 5.32 Å². The number of likely N-dealkylation sites (tertiary alicyclic amines) is 1. The van der Waals surface area contributed by atoms with E-state index < -0.39 is 9.84 Å². The van der Waals surface area contributed by atoms with E-state index in [-0.39, 0.29) is 29.7 Å². The van der Waals surface area contributed by atoms with Gasteiger partial charge in [-0.15, -0.1) is 0 Å². The maximum Gasteiger partial charge on any atom is 0.317 e. The molecule has 1 atom stereocenters. The number of carbonyl (C=O) groups excluding carboxylic acids is 1. The molecule has 2 aliphatic heterocycles. The minimum Gasteiger partial charge on any atom is -0.385 e. The molecule has 2 saturated heterocycles. The second-order valence-electron chi connectivity index (χ2n) is 5.29. The second-order valence-corrected chi connectivity index (χ2v) is 7.52. The molecule has 7 nitrogen and oxygen atoms in total. The first-order chi connectivity index (χ1) is 9.50. The summed E-state index contributed by atoms with van der Waals surface area (Å²) >= 11 is 0. The van der Waals surface area contributed by atoms with Gasteiger partial charge in [0, 0.05) is 26.4 Å². The van der Waals surface area contributed by atoms with E-state index in [4.69, 9.17) is 9.47 Å². The van der Waals surface area contributed by atoms with E-state index in [0.717, 1.165) is 6.42 Å². The van der Waals surface area contributed by atoms with E-state index in [1.165, 1.54) is 0 Å². The molecule has 2 heterocycles. The molecular weight excluding hydrogens is 284 g/mol. The van der Waals surface area contributed by atoms with E-state index in [1.54, 1.807) is 12.0 Å². The summed E-state index contributed by atoms with van der Waals surface area (Å²) in [5.74, 6) is 0.229. The van der Waals surface area contributed by atoms with Gasteiger partial charge in [0.2, 0.25) is 0 Å². The molecule has 0 aromatic heterocycles. The zero-order valence-electron chi connectivity index (χ0n) is 11.7. The number of rotatable bonds is 6. The first-order valence-electron chi connectivity index (χ1n) is 6.86. The Morgan fingerprint density at radius 3 is 2.70 bits per heavy atom. The standard InChI is InChI=1S/C12H22N2O5S/c1-18-4-2-5-19-11-7-14(8-11)12(15)13-10-3-6-20(16,17)9-10/h10-11H,2-9H2,1H3,(H,13,15). The van der Waals surface area contributed by atoms with Gasteiger partial charge in [-0.3, -0.25) is 0 Å². The Morgan fingerprint density at radius 1 is 1.35 bits per heavy atom. The van der Waals surface area contributed by atoms with Gasteiger partial charge in [0.25, 0.3) is 0 Å². The van der Waals surface area contributed by atoms with E-state index >= 15 is 0 Å². The third-order valence-corrected chi connectivity index (χ3v) is 5.31. The van der Waals surface area contributed by atoms with Crippen LogP contribution in [0.3, 0.4) is 0 Å². The molecule has 8 heteroatoms. The first kappa shape index (κ1) is 15.5. The summed E-state index contributed by atoms with van der Waals surface area (Å²) in [7, 11) is -1.30. The van der Waals surface area contributed by atoms with E-state index in [0.29, 0.717) is 32.7 Å². The van der Waals surface area contributed by atoms with Crippen molar-refractivity contribution in [3.05, 3.63) is 0 Å². The lowest BCUT2D eigenvalue weighted by molar-refractivity contribution is -0.0403. The summed E-state index contributed by atoms with van der Waals surface area (Å²) in [6.45, 7) is 2.44. The predicted octanol–water partition coefficient (Wildman–Crippen LogP) is -0.380. The van der Waals surface area contributed by atoms with Gasteiger partial charge in [0.1, 0.15) is 0 Å². The van der Waals surface area contributed by atoms with Gasteiger partial charge >= 0.3 is 6.03 Å². The Labute approximate surface area is 119 Å². The number of sulfone groups is 1. The Kier molecular flexibility index (Phi) is 5.22. The lowest BCUT2D eigenvalue weighted by atomic mass is 10.2. The number of carbonyl (C=O) groups is 1.